The van der Waals surface area contributed by atoms with Gasteiger partial charge in [-0.25, -0.2) is 17.8 Å². The summed E-state index contributed by atoms with van der Waals surface area (Å²) in [5.41, 5.74) is 3.50. The third kappa shape index (κ3) is 4.64. The smallest absolute Gasteiger partial charge is 0.144 e. The Hall–Kier alpha value is -3.68. The van der Waals surface area contributed by atoms with Gasteiger partial charge in [-0.1, -0.05) is 11.6 Å². The van der Waals surface area contributed by atoms with Gasteiger partial charge < -0.3 is 15.6 Å². The molecule has 11 heteroatoms. The second kappa shape index (κ2) is 9.21. The van der Waals surface area contributed by atoms with Crippen molar-refractivity contribution in [3.05, 3.63) is 76.7 Å². The zero-order chi connectivity index (χ0) is 22.7. The second-order valence-electron chi connectivity index (χ2n) is 6.87. The number of pyridine rings is 1. The van der Waals surface area contributed by atoms with Crippen LogP contribution in [0.4, 0.5) is 21.5 Å². The first-order valence-electron chi connectivity index (χ1n) is 9.35. The van der Waals surface area contributed by atoms with Crippen LogP contribution in [0.3, 0.4) is 0 Å². The molecule has 0 unspecified atom stereocenters. The van der Waals surface area contributed by atoms with E-state index in [0.717, 1.165) is 5.69 Å². The van der Waals surface area contributed by atoms with Crippen molar-refractivity contribution in [2.45, 2.75) is 12.3 Å². The third-order valence-corrected chi connectivity index (χ3v) is 5.59. The fraction of sp³-hybridized carbons (Fsp3) is 0.0952. The Bertz CT molecular complexity index is 1410. The number of nitrogens with zero attached hydrogens (tertiary/aromatic N) is 3. The molecular weight excluding hydrogens is 455 g/mol. The summed E-state index contributed by atoms with van der Waals surface area (Å²) in [6, 6.07) is 9.67. The fourth-order valence-corrected chi connectivity index (χ4v) is 3.95. The molecule has 0 spiro atoms. The van der Waals surface area contributed by atoms with Gasteiger partial charge in [0.05, 0.1) is 46.1 Å². The predicted octanol–water partition coefficient (Wildman–Crippen LogP) is 4.09. The largest absolute Gasteiger partial charge is 0.379 e. The molecule has 0 aliphatic heterocycles. The number of hydrogen-bond donors (Lipinski definition) is 4. The number of hydrogen-bond acceptors (Lipinski definition) is 7. The SMILES string of the molecule is N#Cc1cnc2c(C[SH](=O)=O)cc(NCc3cnc[nH]3)cc2c1Nc1ccc(F)c(Cl)c1. The molecule has 0 fully saturated rings. The average Bonchev–Trinajstić information content (AvgIpc) is 3.28. The summed E-state index contributed by atoms with van der Waals surface area (Å²) < 4.78 is 36.6. The lowest BCUT2D eigenvalue weighted by Gasteiger charge is -2.15. The molecule has 4 aromatic rings. The van der Waals surface area contributed by atoms with Crippen LogP contribution in [0.2, 0.25) is 5.02 Å². The van der Waals surface area contributed by atoms with E-state index in [1.807, 2.05) is 0 Å². The molecule has 0 saturated heterocycles. The van der Waals surface area contributed by atoms with Crippen LogP contribution in [0.25, 0.3) is 10.9 Å². The summed E-state index contributed by atoms with van der Waals surface area (Å²) in [4.78, 5) is 11.3. The quantitative estimate of drug-likeness (QED) is 0.300. The number of fused-ring (bicyclic) bond motifs is 1. The van der Waals surface area contributed by atoms with Gasteiger partial charge in [0.25, 0.3) is 0 Å². The van der Waals surface area contributed by atoms with Crippen molar-refractivity contribution in [3.63, 3.8) is 0 Å². The number of aromatic nitrogens is 3. The first-order valence-corrected chi connectivity index (χ1v) is 11.1. The Labute approximate surface area is 189 Å². The van der Waals surface area contributed by atoms with Crippen LogP contribution >= 0.6 is 11.6 Å². The van der Waals surface area contributed by atoms with Gasteiger partial charge in [-0.05, 0) is 35.9 Å². The Morgan fingerprint density at radius 2 is 2.03 bits per heavy atom. The highest BCUT2D eigenvalue weighted by molar-refractivity contribution is 7.71. The van der Waals surface area contributed by atoms with Crippen LogP contribution in [0.5, 0.6) is 0 Å². The first kappa shape index (κ1) is 21.5. The van der Waals surface area contributed by atoms with Crippen molar-refractivity contribution in [3.8, 4) is 6.07 Å². The number of rotatable bonds is 7. The molecule has 0 amide bonds. The lowest BCUT2D eigenvalue weighted by atomic mass is 10.0. The number of benzene rings is 2. The summed E-state index contributed by atoms with van der Waals surface area (Å²) in [6.45, 7) is 0.427. The van der Waals surface area contributed by atoms with Crippen molar-refractivity contribution < 1.29 is 12.8 Å². The molecule has 8 nitrogen and oxygen atoms in total. The molecule has 2 aromatic heterocycles. The summed E-state index contributed by atoms with van der Waals surface area (Å²) in [7, 11) is -2.71. The molecular formula is C21H16ClFN6O2S. The van der Waals surface area contributed by atoms with Gasteiger partial charge in [-0.2, -0.15) is 5.26 Å². The summed E-state index contributed by atoms with van der Waals surface area (Å²) >= 11 is 5.89. The van der Waals surface area contributed by atoms with Crippen LogP contribution in [-0.2, 0) is 23.0 Å². The number of halogens is 2. The van der Waals surface area contributed by atoms with E-state index in [2.05, 4.69) is 31.7 Å². The maximum absolute atomic E-state index is 13.6. The zero-order valence-corrected chi connectivity index (χ0v) is 18.0. The Kier molecular flexibility index (Phi) is 6.20. The van der Waals surface area contributed by atoms with Gasteiger partial charge in [-0.15, -0.1) is 0 Å². The van der Waals surface area contributed by atoms with Crippen molar-refractivity contribution in [1.29, 1.82) is 5.26 Å². The van der Waals surface area contributed by atoms with Crippen molar-refractivity contribution in [2.24, 2.45) is 0 Å². The molecule has 32 heavy (non-hydrogen) atoms. The maximum Gasteiger partial charge on any atom is 0.144 e. The molecule has 3 N–H and O–H groups in total. The lowest BCUT2D eigenvalue weighted by molar-refractivity contribution is 0.614. The van der Waals surface area contributed by atoms with E-state index < -0.39 is 16.5 Å². The topological polar surface area (TPSA) is 124 Å². The minimum Gasteiger partial charge on any atom is -0.379 e. The highest BCUT2D eigenvalue weighted by Gasteiger charge is 2.15. The summed E-state index contributed by atoms with van der Waals surface area (Å²) in [5.74, 6) is -0.782. The van der Waals surface area contributed by atoms with Crippen LogP contribution < -0.4 is 10.6 Å². The summed E-state index contributed by atoms with van der Waals surface area (Å²) in [5, 5.41) is 16.4. The first-order chi connectivity index (χ1) is 15.4. The molecule has 2 aromatic carbocycles. The minimum atomic E-state index is -2.71. The number of aromatic amines is 1. The lowest BCUT2D eigenvalue weighted by Crippen LogP contribution is -2.04. The van der Waals surface area contributed by atoms with Crippen LogP contribution in [0, 0.1) is 17.1 Å². The van der Waals surface area contributed by atoms with E-state index in [1.165, 1.54) is 24.4 Å². The van der Waals surface area contributed by atoms with Crippen molar-refractivity contribution >= 4 is 50.3 Å². The molecule has 0 atom stereocenters. The molecule has 4 rings (SSSR count). The van der Waals surface area contributed by atoms with E-state index in [4.69, 9.17) is 11.6 Å². The highest BCUT2D eigenvalue weighted by atomic mass is 35.5. The van der Waals surface area contributed by atoms with Crippen LogP contribution in [0.15, 0.2) is 49.1 Å². The molecule has 2 heterocycles. The molecule has 0 aliphatic carbocycles. The number of nitrogens with one attached hydrogen (secondary N) is 3. The summed E-state index contributed by atoms with van der Waals surface area (Å²) in [6.07, 6.45) is 4.60. The molecule has 0 radical (unpaired) electrons. The van der Waals surface area contributed by atoms with E-state index in [0.29, 0.717) is 40.1 Å². The second-order valence-corrected chi connectivity index (χ2v) is 8.25. The van der Waals surface area contributed by atoms with Gasteiger partial charge in [0.15, 0.2) is 0 Å². The highest BCUT2D eigenvalue weighted by Crippen LogP contribution is 2.34. The van der Waals surface area contributed by atoms with E-state index in [-0.39, 0.29) is 16.3 Å². The number of H-pyrrole nitrogens is 1. The van der Waals surface area contributed by atoms with Crippen molar-refractivity contribution in [2.75, 3.05) is 10.6 Å². The van der Waals surface area contributed by atoms with Gasteiger partial charge in [0.1, 0.15) is 22.6 Å². The van der Waals surface area contributed by atoms with E-state index in [9.17, 15) is 18.1 Å². The maximum atomic E-state index is 13.6. The Morgan fingerprint density at radius 1 is 1.19 bits per heavy atom. The number of thiol groups is 1. The predicted molar refractivity (Wildman–Crippen MR) is 121 cm³/mol. The number of imidazole rings is 1. The van der Waals surface area contributed by atoms with Crippen molar-refractivity contribution in [1.82, 2.24) is 15.0 Å². The molecule has 162 valence electrons. The van der Waals surface area contributed by atoms with E-state index >= 15 is 0 Å². The van der Waals surface area contributed by atoms with Gasteiger partial charge in [0, 0.05) is 29.2 Å². The third-order valence-electron chi connectivity index (χ3n) is 4.70. The van der Waals surface area contributed by atoms with Crippen LogP contribution in [-0.4, -0.2) is 23.4 Å². The van der Waals surface area contributed by atoms with Crippen LogP contribution in [0.1, 0.15) is 16.8 Å². The zero-order valence-electron chi connectivity index (χ0n) is 16.4. The van der Waals surface area contributed by atoms with Gasteiger partial charge in [0.2, 0.25) is 0 Å². The molecule has 0 aliphatic rings. The standard InChI is InChI=1S/C21H16ClFN6O2S/c22-18-5-14(1-2-19(18)23)29-21-13(6-24)7-27-20-12(10-32(30)31)3-15(4-17(20)21)26-9-16-8-25-11-28-16/h1-5,7-8,11,26,32H,9-10H2,(H,25,28)(H,27,29). The van der Waals surface area contributed by atoms with Gasteiger partial charge in [-0.3, -0.25) is 4.98 Å². The Balaban J connectivity index is 1.85. The minimum absolute atomic E-state index is 0.0715. The Morgan fingerprint density at radius 3 is 2.72 bits per heavy atom. The van der Waals surface area contributed by atoms with E-state index in [1.54, 1.807) is 24.7 Å². The average molecular weight is 471 g/mol. The molecule has 0 bridgehead atoms. The molecule has 0 saturated carbocycles. The monoisotopic (exact) mass is 470 g/mol. The van der Waals surface area contributed by atoms with Gasteiger partial charge >= 0.3 is 0 Å². The fourth-order valence-electron chi connectivity index (χ4n) is 3.25. The normalized spacial score (nSPS) is 10.9. The number of nitriles is 1. The number of anilines is 3.